The van der Waals surface area contributed by atoms with Gasteiger partial charge in [-0.1, -0.05) is 30.3 Å². The first-order chi connectivity index (χ1) is 10.7. The molecule has 2 N–H and O–H groups in total. The quantitative estimate of drug-likeness (QED) is 0.824. The van der Waals surface area contributed by atoms with Crippen LogP contribution in [0.4, 0.5) is 5.69 Å². The number of carbonyl (C=O) groups is 1. The van der Waals surface area contributed by atoms with E-state index < -0.39 is 0 Å². The molecule has 0 bridgehead atoms. The molecule has 0 aliphatic heterocycles. The van der Waals surface area contributed by atoms with E-state index in [9.17, 15) is 4.79 Å². The van der Waals surface area contributed by atoms with Gasteiger partial charge in [-0.05, 0) is 43.7 Å². The van der Waals surface area contributed by atoms with Crippen LogP contribution in [0.25, 0.3) is 0 Å². The second-order valence-corrected chi connectivity index (χ2v) is 5.02. The summed E-state index contributed by atoms with van der Waals surface area (Å²) in [4.78, 5) is 12.0. The SMILES string of the molecule is CCOc1ccc(NC(=O)CN[C@H](C)c2ccccc2)cc1. The fourth-order valence-electron chi connectivity index (χ4n) is 2.11. The Morgan fingerprint density at radius 2 is 1.77 bits per heavy atom. The Hall–Kier alpha value is -2.33. The Balaban J connectivity index is 1.80. The molecule has 2 aromatic carbocycles. The van der Waals surface area contributed by atoms with Gasteiger partial charge in [0, 0.05) is 11.7 Å². The molecule has 0 saturated carbocycles. The van der Waals surface area contributed by atoms with Crippen LogP contribution in [0.3, 0.4) is 0 Å². The standard InChI is InChI=1S/C18H22N2O2/c1-3-22-17-11-9-16(10-12-17)20-18(21)13-19-14(2)15-7-5-4-6-8-15/h4-12,14,19H,3,13H2,1-2H3,(H,20,21)/t14-/m1/s1. The number of hydrogen-bond donors (Lipinski definition) is 2. The summed E-state index contributed by atoms with van der Waals surface area (Å²) in [7, 11) is 0. The normalized spacial score (nSPS) is 11.7. The van der Waals surface area contributed by atoms with Crippen LogP contribution in [-0.2, 0) is 4.79 Å². The number of anilines is 1. The van der Waals surface area contributed by atoms with Crippen molar-refractivity contribution in [2.24, 2.45) is 0 Å². The molecule has 0 saturated heterocycles. The van der Waals surface area contributed by atoms with Crippen molar-refractivity contribution in [1.82, 2.24) is 5.32 Å². The van der Waals surface area contributed by atoms with E-state index in [4.69, 9.17) is 4.74 Å². The first kappa shape index (κ1) is 16.0. The average molecular weight is 298 g/mol. The zero-order valence-corrected chi connectivity index (χ0v) is 13.0. The number of hydrogen-bond acceptors (Lipinski definition) is 3. The number of amides is 1. The lowest BCUT2D eigenvalue weighted by Gasteiger charge is -2.14. The number of nitrogens with one attached hydrogen (secondary N) is 2. The van der Waals surface area contributed by atoms with Crippen molar-refractivity contribution < 1.29 is 9.53 Å². The van der Waals surface area contributed by atoms with Crippen LogP contribution in [0.5, 0.6) is 5.75 Å². The molecule has 0 spiro atoms. The lowest BCUT2D eigenvalue weighted by molar-refractivity contribution is -0.115. The summed E-state index contributed by atoms with van der Waals surface area (Å²) in [5.74, 6) is 0.739. The average Bonchev–Trinajstić information content (AvgIpc) is 2.55. The fraction of sp³-hybridized carbons (Fsp3) is 0.278. The van der Waals surface area contributed by atoms with E-state index in [1.807, 2.05) is 68.4 Å². The molecule has 1 atom stereocenters. The molecular formula is C18H22N2O2. The minimum absolute atomic E-state index is 0.0630. The first-order valence-electron chi connectivity index (χ1n) is 7.50. The zero-order chi connectivity index (χ0) is 15.8. The molecule has 2 aromatic rings. The lowest BCUT2D eigenvalue weighted by Crippen LogP contribution is -2.30. The van der Waals surface area contributed by atoms with Crippen molar-refractivity contribution in [3.05, 3.63) is 60.2 Å². The van der Waals surface area contributed by atoms with Gasteiger partial charge in [0.15, 0.2) is 0 Å². The summed E-state index contributed by atoms with van der Waals surface area (Å²) in [6, 6.07) is 17.6. The molecular weight excluding hydrogens is 276 g/mol. The van der Waals surface area contributed by atoms with Crippen molar-refractivity contribution in [3.8, 4) is 5.75 Å². The van der Waals surface area contributed by atoms with Crippen LogP contribution in [0.1, 0.15) is 25.5 Å². The van der Waals surface area contributed by atoms with Gasteiger partial charge in [-0.3, -0.25) is 4.79 Å². The van der Waals surface area contributed by atoms with Crippen LogP contribution in [0, 0.1) is 0 Å². The Kier molecular flexibility index (Phi) is 5.98. The van der Waals surface area contributed by atoms with Gasteiger partial charge in [-0.2, -0.15) is 0 Å². The first-order valence-corrected chi connectivity index (χ1v) is 7.50. The van der Waals surface area contributed by atoms with E-state index in [2.05, 4.69) is 10.6 Å². The van der Waals surface area contributed by atoms with Crippen molar-refractivity contribution in [2.75, 3.05) is 18.5 Å². The highest BCUT2D eigenvalue weighted by Gasteiger charge is 2.07. The third-order valence-corrected chi connectivity index (χ3v) is 3.32. The van der Waals surface area contributed by atoms with Gasteiger partial charge in [-0.25, -0.2) is 0 Å². The van der Waals surface area contributed by atoms with E-state index in [1.165, 1.54) is 0 Å². The molecule has 22 heavy (non-hydrogen) atoms. The van der Waals surface area contributed by atoms with Gasteiger partial charge in [0.2, 0.25) is 5.91 Å². The largest absolute Gasteiger partial charge is 0.494 e. The Bertz CT molecular complexity index is 582. The molecule has 0 fully saturated rings. The lowest BCUT2D eigenvalue weighted by atomic mass is 10.1. The number of benzene rings is 2. The van der Waals surface area contributed by atoms with Crippen molar-refractivity contribution in [3.63, 3.8) is 0 Å². The Labute approximate surface area is 131 Å². The van der Waals surface area contributed by atoms with Crippen molar-refractivity contribution >= 4 is 11.6 Å². The molecule has 0 unspecified atom stereocenters. The summed E-state index contributed by atoms with van der Waals surface area (Å²) in [5.41, 5.74) is 1.93. The maximum Gasteiger partial charge on any atom is 0.238 e. The van der Waals surface area contributed by atoms with Gasteiger partial charge < -0.3 is 15.4 Å². The summed E-state index contributed by atoms with van der Waals surface area (Å²) in [6.45, 7) is 4.88. The van der Waals surface area contributed by atoms with Crippen LogP contribution in [-0.4, -0.2) is 19.1 Å². The third-order valence-electron chi connectivity index (χ3n) is 3.32. The molecule has 4 heteroatoms. The summed E-state index contributed by atoms with van der Waals surface area (Å²) < 4.78 is 5.37. The van der Waals surface area contributed by atoms with E-state index >= 15 is 0 Å². The maximum atomic E-state index is 12.0. The predicted molar refractivity (Wildman–Crippen MR) is 89.1 cm³/mol. The van der Waals surface area contributed by atoms with Crippen LogP contribution < -0.4 is 15.4 Å². The van der Waals surface area contributed by atoms with Gasteiger partial charge >= 0.3 is 0 Å². The predicted octanol–water partition coefficient (Wildman–Crippen LogP) is 3.37. The molecule has 0 heterocycles. The van der Waals surface area contributed by atoms with Gasteiger partial charge in [0.05, 0.1) is 13.2 Å². The zero-order valence-electron chi connectivity index (χ0n) is 13.0. The molecule has 116 valence electrons. The van der Waals surface area contributed by atoms with Crippen LogP contribution in [0.2, 0.25) is 0 Å². The number of carbonyl (C=O) groups excluding carboxylic acids is 1. The summed E-state index contributed by atoms with van der Waals surface area (Å²) >= 11 is 0. The van der Waals surface area contributed by atoms with Gasteiger partial charge in [0.1, 0.15) is 5.75 Å². The summed E-state index contributed by atoms with van der Waals surface area (Å²) in [5, 5.41) is 6.07. The highest BCUT2D eigenvalue weighted by Crippen LogP contribution is 2.15. The fourth-order valence-corrected chi connectivity index (χ4v) is 2.11. The molecule has 0 aliphatic carbocycles. The molecule has 0 radical (unpaired) electrons. The minimum atomic E-state index is -0.0630. The van der Waals surface area contributed by atoms with Crippen LogP contribution >= 0.6 is 0 Å². The van der Waals surface area contributed by atoms with Crippen molar-refractivity contribution in [1.29, 1.82) is 0 Å². The molecule has 4 nitrogen and oxygen atoms in total. The Morgan fingerprint density at radius 3 is 2.41 bits per heavy atom. The highest BCUT2D eigenvalue weighted by atomic mass is 16.5. The van der Waals surface area contributed by atoms with Gasteiger partial charge in [0.25, 0.3) is 0 Å². The van der Waals surface area contributed by atoms with Crippen molar-refractivity contribution in [2.45, 2.75) is 19.9 Å². The maximum absolute atomic E-state index is 12.0. The summed E-state index contributed by atoms with van der Waals surface area (Å²) in [6.07, 6.45) is 0. The smallest absolute Gasteiger partial charge is 0.238 e. The highest BCUT2D eigenvalue weighted by molar-refractivity contribution is 5.92. The topological polar surface area (TPSA) is 50.4 Å². The van der Waals surface area contributed by atoms with Crippen LogP contribution in [0.15, 0.2) is 54.6 Å². The molecule has 1 amide bonds. The minimum Gasteiger partial charge on any atom is -0.494 e. The second kappa shape index (κ2) is 8.20. The van der Waals surface area contributed by atoms with E-state index in [0.717, 1.165) is 17.0 Å². The second-order valence-electron chi connectivity index (χ2n) is 5.02. The van der Waals surface area contributed by atoms with E-state index in [0.29, 0.717) is 6.61 Å². The monoisotopic (exact) mass is 298 g/mol. The third kappa shape index (κ3) is 4.90. The number of rotatable bonds is 7. The molecule has 0 aromatic heterocycles. The molecule has 0 aliphatic rings. The Morgan fingerprint density at radius 1 is 1.09 bits per heavy atom. The van der Waals surface area contributed by atoms with E-state index in [-0.39, 0.29) is 18.5 Å². The number of ether oxygens (including phenoxy) is 1. The van der Waals surface area contributed by atoms with Gasteiger partial charge in [-0.15, -0.1) is 0 Å². The molecule has 2 rings (SSSR count). The van der Waals surface area contributed by atoms with E-state index in [1.54, 1.807) is 0 Å².